The maximum absolute atomic E-state index is 10.0. The Morgan fingerprint density at radius 2 is 2.67 bits per heavy atom. The van der Waals surface area contributed by atoms with E-state index in [0.29, 0.717) is 4.38 Å². The van der Waals surface area contributed by atoms with Crippen molar-refractivity contribution in [3.05, 3.63) is 0 Å². The van der Waals surface area contributed by atoms with E-state index in [1.807, 2.05) is 0 Å². The molecule has 1 aliphatic heterocycles. The fraction of sp³-hybridized carbons (Fsp3) is 0.500. The van der Waals surface area contributed by atoms with E-state index < -0.39 is 5.30 Å². The van der Waals surface area contributed by atoms with Crippen LogP contribution in [-0.2, 0) is 0 Å². The summed E-state index contributed by atoms with van der Waals surface area (Å²) < 4.78 is 0.683. The molecule has 1 rings (SSSR count). The van der Waals surface area contributed by atoms with Gasteiger partial charge in [0.15, 0.2) is 0 Å². The predicted octanol–water partition coefficient (Wildman–Crippen LogP) is 1.50. The highest BCUT2D eigenvalue weighted by atomic mass is 32.2. The van der Waals surface area contributed by atoms with Gasteiger partial charge in [-0.15, -0.1) is 0 Å². The molecule has 0 radical (unpaired) electrons. The molecule has 0 bridgehead atoms. The van der Waals surface area contributed by atoms with E-state index in [1.54, 1.807) is 0 Å². The van der Waals surface area contributed by atoms with E-state index in [9.17, 15) is 4.79 Å². The maximum Gasteiger partial charge on any atom is 0.371 e. The topological polar surface area (TPSA) is 49.7 Å². The van der Waals surface area contributed by atoms with Crippen molar-refractivity contribution in [3.8, 4) is 0 Å². The summed E-state index contributed by atoms with van der Waals surface area (Å²) in [4.78, 5) is 14.0. The molecule has 0 unspecified atom stereocenters. The number of hydrogen-bond acceptors (Lipinski definition) is 4. The number of rotatable bonds is 0. The van der Waals surface area contributed by atoms with Crippen molar-refractivity contribution in [2.45, 2.75) is 0 Å². The van der Waals surface area contributed by atoms with Crippen molar-refractivity contribution in [1.29, 1.82) is 0 Å². The van der Waals surface area contributed by atoms with Gasteiger partial charge in [0.1, 0.15) is 4.38 Å². The van der Waals surface area contributed by atoms with Crippen LogP contribution in [0.15, 0.2) is 4.99 Å². The molecule has 0 aliphatic carbocycles. The molecular weight excluding hydrogens is 158 g/mol. The summed E-state index contributed by atoms with van der Waals surface area (Å²) >= 11 is 2.29. The Bertz CT molecular complexity index is 157. The lowest BCUT2D eigenvalue weighted by atomic mass is 10.8. The van der Waals surface area contributed by atoms with E-state index in [0.717, 1.165) is 24.1 Å². The first-order valence-electron chi connectivity index (χ1n) is 2.37. The minimum atomic E-state index is -0.872. The highest BCUT2D eigenvalue weighted by Crippen LogP contribution is 2.21. The fourth-order valence-electron chi connectivity index (χ4n) is 0.452. The SMILES string of the molecule is O=C(O)SC1=NCCS1. The highest BCUT2D eigenvalue weighted by molar-refractivity contribution is 8.44. The van der Waals surface area contributed by atoms with Crippen LogP contribution in [0.4, 0.5) is 4.79 Å². The average molecular weight is 163 g/mol. The molecule has 0 fully saturated rings. The third-order valence-corrected chi connectivity index (χ3v) is 2.58. The standard InChI is InChI=1S/C4H5NO2S2/c6-4(7)9-3-5-1-2-8-3/h1-2H2,(H,6,7). The van der Waals surface area contributed by atoms with Crippen molar-refractivity contribution < 1.29 is 9.90 Å². The van der Waals surface area contributed by atoms with Gasteiger partial charge in [-0.3, -0.25) is 4.99 Å². The van der Waals surface area contributed by atoms with Crippen LogP contribution in [0.1, 0.15) is 0 Å². The number of thioether (sulfide) groups is 2. The minimum Gasteiger partial charge on any atom is -0.473 e. The lowest BCUT2D eigenvalue weighted by Gasteiger charge is -1.88. The Morgan fingerprint density at radius 3 is 3.11 bits per heavy atom. The number of carbonyl (C=O) groups is 1. The Balaban J connectivity index is 2.35. The summed E-state index contributed by atoms with van der Waals surface area (Å²) in [6.45, 7) is 0.764. The number of nitrogens with zero attached hydrogens (tertiary/aromatic N) is 1. The van der Waals surface area contributed by atoms with Gasteiger partial charge in [-0.25, -0.2) is 4.79 Å². The number of hydrogen-bond donors (Lipinski definition) is 1. The van der Waals surface area contributed by atoms with Gasteiger partial charge in [0.05, 0.1) is 6.54 Å². The Hall–Kier alpha value is -0.160. The molecule has 1 heterocycles. The van der Waals surface area contributed by atoms with Crippen LogP contribution in [0.25, 0.3) is 0 Å². The summed E-state index contributed by atoms with van der Waals surface area (Å²) in [7, 11) is 0. The third-order valence-electron chi connectivity index (χ3n) is 0.732. The third kappa shape index (κ3) is 2.28. The quantitative estimate of drug-likeness (QED) is 0.588. The Kier molecular flexibility index (Phi) is 2.41. The van der Waals surface area contributed by atoms with Crippen LogP contribution in [0, 0.1) is 0 Å². The van der Waals surface area contributed by atoms with Crippen molar-refractivity contribution >= 4 is 33.2 Å². The molecule has 1 N–H and O–H groups in total. The van der Waals surface area contributed by atoms with Crippen molar-refractivity contribution in [2.24, 2.45) is 4.99 Å². The van der Waals surface area contributed by atoms with Gasteiger partial charge in [0.25, 0.3) is 0 Å². The molecule has 0 atom stereocenters. The molecule has 1 aliphatic rings. The zero-order chi connectivity index (χ0) is 6.69. The molecule has 0 aromatic carbocycles. The van der Waals surface area contributed by atoms with Crippen LogP contribution in [-0.4, -0.2) is 27.1 Å². The molecule has 0 saturated heterocycles. The zero-order valence-electron chi connectivity index (χ0n) is 4.53. The normalized spacial score (nSPS) is 17.6. The molecule has 0 spiro atoms. The largest absolute Gasteiger partial charge is 0.473 e. The second-order valence-corrected chi connectivity index (χ2v) is 3.65. The smallest absolute Gasteiger partial charge is 0.371 e. The van der Waals surface area contributed by atoms with Gasteiger partial charge in [0, 0.05) is 17.5 Å². The van der Waals surface area contributed by atoms with E-state index >= 15 is 0 Å². The molecule has 0 amide bonds. The molecule has 0 aromatic rings. The van der Waals surface area contributed by atoms with Crippen molar-refractivity contribution in [2.75, 3.05) is 12.3 Å². The highest BCUT2D eigenvalue weighted by Gasteiger charge is 2.10. The van der Waals surface area contributed by atoms with Crippen LogP contribution in [0.5, 0.6) is 0 Å². The lowest BCUT2D eigenvalue weighted by molar-refractivity contribution is 0.222. The van der Waals surface area contributed by atoms with Crippen molar-refractivity contribution in [1.82, 2.24) is 0 Å². The lowest BCUT2D eigenvalue weighted by Crippen LogP contribution is -1.87. The van der Waals surface area contributed by atoms with Gasteiger partial charge in [0.2, 0.25) is 0 Å². The maximum atomic E-state index is 10.0. The first-order valence-corrected chi connectivity index (χ1v) is 4.17. The molecular formula is C4H5NO2S2. The predicted molar refractivity (Wildman–Crippen MR) is 40.4 cm³/mol. The minimum absolute atomic E-state index is 0.683. The molecule has 5 heteroatoms. The zero-order valence-corrected chi connectivity index (χ0v) is 6.17. The monoisotopic (exact) mass is 163 g/mol. The Labute approximate surface area is 60.9 Å². The van der Waals surface area contributed by atoms with Crippen molar-refractivity contribution in [3.63, 3.8) is 0 Å². The summed E-state index contributed by atoms with van der Waals surface area (Å²) in [5, 5.41) is 7.37. The molecule has 0 saturated carbocycles. The van der Waals surface area contributed by atoms with Crippen LogP contribution in [0.3, 0.4) is 0 Å². The number of aliphatic imine (C=N–C) groups is 1. The second kappa shape index (κ2) is 3.12. The summed E-state index contributed by atoms with van der Waals surface area (Å²) in [6, 6.07) is 0. The first kappa shape index (κ1) is 6.95. The van der Waals surface area contributed by atoms with Gasteiger partial charge >= 0.3 is 5.30 Å². The first-order chi connectivity index (χ1) is 4.29. The van der Waals surface area contributed by atoms with E-state index in [1.165, 1.54) is 11.8 Å². The van der Waals surface area contributed by atoms with Crippen LogP contribution in [0.2, 0.25) is 0 Å². The van der Waals surface area contributed by atoms with E-state index in [2.05, 4.69) is 4.99 Å². The fourth-order valence-corrected chi connectivity index (χ4v) is 2.00. The molecule has 3 nitrogen and oxygen atoms in total. The van der Waals surface area contributed by atoms with E-state index in [4.69, 9.17) is 5.11 Å². The van der Waals surface area contributed by atoms with Crippen LogP contribution >= 0.6 is 23.5 Å². The van der Waals surface area contributed by atoms with Crippen LogP contribution < -0.4 is 0 Å². The van der Waals surface area contributed by atoms with Gasteiger partial charge in [-0.1, -0.05) is 11.8 Å². The second-order valence-electron chi connectivity index (χ2n) is 1.36. The summed E-state index contributed by atoms with van der Waals surface area (Å²) in [5.41, 5.74) is 0. The number of carboxylic acid groups (broad SMARTS) is 1. The average Bonchev–Trinajstić information content (AvgIpc) is 2.15. The summed E-state index contributed by atoms with van der Waals surface area (Å²) in [6.07, 6.45) is 0. The van der Waals surface area contributed by atoms with Gasteiger partial charge in [-0.05, 0) is 0 Å². The molecule has 50 valence electrons. The van der Waals surface area contributed by atoms with E-state index in [-0.39, 0.29) is 0 Å². The van der Waals surface area contributed by atoms with Gasteiger partial charge < -0.3 is 5.11 Å². The Morgan fingerprint density at radius 1 is 1.89 bits per heavy atom. The van der Waals surface area contributed by atoms with Gasteiger partial charge in [-0.2, -0.15) is 0 Å². The molecule has 9 heavy (non-hydrogen) atoms. The summed E-state index contributed by atoms with van der Waals surface area (Å²) in [5.74, 6) is 0.926. The molecule has 0 aromatic heterocycles.